The van der Waals surface area contributed by atoms with E-state index >= 15 is 0 Å². The molecule has 0 saturated carbocycles. The van der Waals surface area contributed by atoms with Gasteiger partial charge in [-0.15, -0.1) is 0 Å². The maximum Gasteiger partial charge on any atom is 0.312 e. The minimum Gasteiger partial charge on any atom is -0.452 e. The molecule has 1 fully saturated rings. The lowest BCUT2D eigenvalue weighted by molar-refractivity contribution is -0.157. The fourth-order valence-corrected chi connectivity index (χ4v) is 2.93. The standard InChI is InChI=1S/C20H17F3N2O4/c1-11(19(27)24-18-14(22)6-4-7-15(18)23)29-20(28)12-9-17(26)25(10-12)16-8-3-2-5-13(16)21/h2-8,11-12H,9-10H2,1H3,(H,24,27)/t11-,12-/m1/s1. The van der Waals surface area contributed by atoms with Gasteiger partial charge in [0.15, 0.2) is 6.10 Å². The Balaban J connectivity index is 1.62. The van der Waals surface area contributed by atoms with Gasteiger partial charge in [0.25, 0.3) is 5.91 Å². The minimum absolute atomic E-state index is 0.0496. The van der Waals surface area contributed by atoms with Gasteiger partial charge in [0, 0.05) is 13.0 Å². The highest BCUT2D eigenvalue weighted by atomic mass is 19.1. The molecule has 1 saturated heterocycles. The average Bonchev–Trinajstić information content (AvgIpc) is 3.06. The largest absolute Gasteiger partial charge is 0.452 e. The Kier molecular flexibility index (Phi) is 5.86. The van der Waals surface area contributed by atoms with Crippen LogP contribution in [-0.4, -0.2) is 30.4 Å². The first-order chi connectivity index (χ1) is 13.8. The molecule has 1 aliphatic rings. The van der Waals surface area contributed by atoms with Crippen molar-refractivity contribution in [2.24, 2.45) is 5.92 Å². The number of nitrogens with zero attached hydrogens (tertiary/aromatic N) is 1. The number of hydrogen-bond acceptors (Lipinski definition) is 4. The molecule has 0 unspecified atom stereocenters. The summed E-state index contributed by atoms with van der Waals surface area (Å²) in [7, 11) is 0. The molecule has 2 amide bonds. The number of halogens is 3. The third-order valence-electron chi connectivity index (χ3n) is 4.47. The number of hydrogen-bond donors (Lipinski definition) is 1. The molecule has 29 heavy (non-hydrogen) atoms. The summed E-state index contributed by atoms with van der Waals surface area (Å²) in [5.74, 6) is -5.68. The number of esters is 1. The van der Waals surface area contributed by atoms with Crippen LogP contribution in [0.4, 0.5) is 24.5 Å². The number of ether oxygens (including phenoxy) is 1. The summed E-state index contributed by atoms with van der Waals surface area (Å²) in [5.41, 5.74) is -0.601. The van der Waals surface area contributed by atoms with Gasteiger partial charge in [-0.2, -0.15) is 0 Å². The van der Waals surface area contributed by atoms with Crippen molar-refractivity contribution in [3.05, 3.63) is 59.9 Å². The molecule has 1 N–H and O–H groups in total. The number of rotatable bonds is 5. The molecule has 1 aliphatic heterocycles. The molecule has 0 aliphatic carbocycles. The topological polar surface area (TPSA) is 75.7 Å². The lowest BCUT2D eigenvalue weighted by atomic mass is 10.1. The number of carbonyl (C=O) groups is 3. The molecule has 0 spiro atoms. The molecule has 2 atom stereocenters. The smallest absolute Gasteiger partial charge is 0.312 e. The highest BCUT2D eigenvalue weighted by Gasteiger charge is 2.38. The van der Waals surface area contributed by atoms with Crippen LogP contribution in [0.3, 0.4) is 0 Å². The number of amides is 2. The van der Waals surface area contributed by atoms with Crippen molar-refractivity contribution in [1.29, 1.82) is 0 Å². The predicted octanol–water partition coefficient (Wildman–Crippen LogP) is 3.03. The number of benzene rings is 2. The maximum absolute atomic E-state index is 13.9. The van der Waals surface area contributed by atoms with Crippen molar-refractivity contribution in [2.45, 2.75) is 19.4 Å². The third kappa shape index (κ3) is 4.39. The van der Waals surface area contributed by atoms with Gasteiger partial charge in [0.05, 0.1) is 11.6 Å². The summed E-state index contributed by atoms with van der Waals surface area (Å²) in [6.45, 7) is 1.13. The fourth-order valence-electron chi connectivity index (χ4n) is 2.93. The fraction of sp³-hybridized carbons (Fsp3) is 0.250. The normalized spacial score (nSPS) is 17.2. The Bertz CT molecular complexity index is 946. The molecule has 152 valence electrons. The first-order valence-corrected chi connectivity index (χ1v) is 8.78. The quantitative estimate of drug-likeness (QED) is 0.775. The molecule has 0 aromatic heterocycles. The Labute approximate surface area is 164 Å². The van der Waals surface area contributed by atoms with Crippen molar-refractivity contribution < 1.29 is 32.3 Å². The van der Waals surface area contributed by atoms with E-state index in [1.165, 1.54) is 25.1 Å². The van der Waals surface area contributed by atoms with E-state index in [9.17, 15) is 27.6 Å². The second-order valence-corrected chi connectivity index (χ2v) is 6.52. The van der Waals surface area contributed by atoms with Crippen molar-refractivity contribution in [3.63, 3.8) is 0 Å². The Hall–Kier alpha value is -3.36. The maximum atomic E-state index is 13.9. The van der Waals surface area contributed by atoms with E-state index in [4.69, 9.17) is 4.74 Å². The van der Waals surface area contributed by atoms with Crippen LogP contribution in [-0.2, 0) is 19.1 Å². The summed E-state index contributed by atoms with van der Waals surface area (Å²) < 4.78 is 46.2. The van der Waals surface area contributed by atoms with Gasteiger partial charge in [-0.05, 0) is 31.2 Å². The van der Waals surface area contributed by atoms with E-state index in [1.54, 1.807) is 6.07 Å². The second kappa shape index (κ2) is 8.34. The van der Waals surface area contributed by atoms with E-state index in [0.717, 1.165) is 23.1 Å². The lowest BCUT2D eigenvalue weighted by Gasteiger charge is -2.18. The van der Waals surface area contributed by atoms with Crippen LogP contribution in [0.2, 0.25) is 0 Å². The van der Waals surface area contributed by atoms with Crippen LogP contribution in [0, 0.1) is 23.4 Å². The van der Waals surface area contributed by atoms with Crippen LogP contribution < -0.4 is 10.2 Å². The number of para-hydroxylation sites is 2. The third-order valence-corrected chi connectivity index (χ3v) is 4.47. The molecule has 0 bridgehead atoms. The van der Waals surface area contributed by atoms with Crippen molar-refractivity contribution in [3.8, 4) is 0 Å². The van der Waals surface area contributed by atoms with Crippen LogP contribution in [0.1, 0.15) is 13.3 Å². The van der Waals surface area contributed by atoms with E-state index < -0.39 is 52.9 Å². The zero-order valence-corrected chi connectivity index (χ0v) is 15.3. The van der Waals surface area contributed by atoms with E-state index in [-0.39, 0.29) is 18.7 Å². The van der Waals surface area contributed by atoms with Crippen LogP contribution in [0.25, 0.3) is 0 Å². The molecular weight excluding hydrogens is 389 g/mol. The number of nitrogens with one attached hydrogen (secondary N) is 1. The van der Waals surface area contributed by atoms with Gasteiger partial charge in [-0.1, -0.05) is 18.2 Å². The van der Waals surface area contributed by atoms with E-state index in [2.05, 4.69) is 0 Å². The lowest BCUT2D eigenvalue weighted by Crippen LogP contribution is -2.33. The first-order valence-electron chi connectivity index (χ1n) is 8.78. The molecule has 2 aromatic carbocycles. The van der Waals surface area contributed by atoms with Gasteiger partial charge < -0.3 is 15.0 Å². The molecule has 9 heteroatoms. The molecule has 3 rings (SSSR count). The number of carbonyl (C=O) groups excluding carboxylic acids is 3. The van der Waals surface area contributed by atoms with Crippen LogP contribution in [0.15, 0.2) is 42.5 Å². The molecular formula is C20H17F3N2O4. The summed E-state index contributed by atoms with van der Waals surface area (Å²) in [6, 6.07) is 8.73. The molecule has 1 heterocycles. The van der Waals surface area contributed by atoms with Crippen LogP contribution in [0.5, 0.6) is 0 Å². The summed E-state index contributed by atoms with van der Waals surface area (Å²) in [5, 5.41) is 2.03. The zero-order chi connectivity index (χ0) is 21.1. The van der Waals surface area contributed by atoms with Gasteiger partial charge >= 0.3 is 5.97 Å². The first kappa shape index (κ1) is 20.4. The van der Waals surface area contributed by atoms with Crippen molar-refractivity contribution >= 4 is 29.2 Å². The van der Waals surface area contributed by atoms with Gasteiger partial charge in [0.2, 0.25) is 5.91 Å². The number of anilines is 2. The minimum atomic E-state index is -1.36. The predicted molar refractivity (Wildman–Crippen MR) is 97.4 cm³/mol. The average molecular weight is 406 g/mol. The monoisotopic (exact) mass is 406 g/mol. The second-order valence-electron chi connectivity index (χ2n) is 6.52. The molecule has 2 aromatic rings. The SMILES string of the molecule is C[C@@H](OC(=O)[C@@H]1CC(=O)N(c2ccccc2F)C1)C(=O)Nc1c(F)cccc1F. The Morgan fingerprint density at radius 1 is 1.07 bits per heavy atom. The van der Waals surface area contributed by atoms with Crippen molar-refractivity contribution in [2.75, 3.05) is 16.8 Å². The molecule has 6 nitrogen and oxygen atoms in total. The van der Waals surface area contributed by atoms with Gasteiger partial charge in [-0.3, -0.25) is 14.4 Å². The molecule has 0 radical (unpaired) electrons. The summed E-state index contributed by atoms with van der Waals surface area (Å²) in [6.07, 6.45) is -1.57. The van der Waals surface area contributed by atoms with Crippen LogP contribution >= 0.6 is 0 Å². The zero-order valence-electron chi connectivity index (χ0n) is 15.3. The summed E-state index contributed by atoms with van der Waals surface area (Å²) in [4.78, 5) is 37.8. The van der Waals surface area contributed by atoms with Gasteiger partial charge in [0.1, 0.15) is 23.1 Å². The Morgan fingerprint density at radius 2 is 1.69 bits per heavy atom. The van der Waals surface area contributed by atoms with Gasteiger partial charge in [-0.25, -0.2) is 13.2 Å². The summed E-state index contributed by atoms with van der Waals surface area (Å²) >= 11 is 0. The Morgan fingerprint density at radius 3 is 2.34 bits per heavy atom. The van der Waals surface area contributed by atoms with E-state index in [0.29, 0.717) is 0 Å². The highest BCUT2D eigenvalue weighted by Crippen LogP contribution is 2.28. The highest BCUT2D eigenvalue weighted by molar-refractivity contribution is 6.00. The van der Waals surface area contributed by atoms with Crippen molar-refractivity contribution in [1.82, 2.24) is 0 Å². The van der Waals surface area contributed by atoms with E-state index in [1.807, 2.05) is 5.32 Å².